The molecular formula is C17H26FNO2. The van der Waals surface area contributed by atoms with E-state index in [4.69, 9.17) is 4.74 Å². The lowest BCUT2D eigenvalue weighted by Crippen LogP contribution is -2.27. The van der Waals surface area contributed by atoms with Crippen molar-refractivity contribution in [3.05, 3.63) is 29.6 Å². The standard InChI is InChI=1S/C17H26FNO2/c1-13-5-4-10-19(11-8-13)12-9-15(20)17-14(18)6-3-7-16(17)21-2/h3,6-7,13,15,20H,4-5,8-12H2,1-2H3. The third kappa shape index (κ3) is 4.42. The van der Waals surface area contributed by atoms with E-state index in [0.29, 0.717) is 12.2 Å². The minimum absolute atomic E-state index is 0.281. The van der Waals surface area contributed by atoms with Gasteiger partial charge in [-0.05, 0) is 56.8 Å². The normalized spacial score (nSPS) is 21.8. The molecule has 0 amide bonds. The Morgan fingerprint density at radius 2 is 2.19 bits per heavy atom. The van der Waals surface area contributed by atoms with Crippen molar-refractivity contribution < 1.29 is 14.2 Å². The van der Waals surface area contributed by atoms with E-state index in [1.807, 2.05) is 0 Å². The van der Waals surface area contributed by atoms with Gasteiger partial charge in [-0.1, -0.05) is 13.0 Å². The SMILES string of the molecule is COc1cccc(F)c1C(O)CCN1CCCC(C)CC1. The molecular weight excluding hydrogens is 269 g/mol. The smallest absolute Gasteiger partial charge is 0.132 e. The van der Waals surface area contributed by atoms with E-state index in [-0.39, 0.29) is 5.56 Å². The summed E-state index contributed by atoms with van der Waals surface area (Å²) in [6.45, 7) is 5.24. The van der Waals surface area contributed by atoms with Crippen molar-refractivity contribution in [2.75, 3.05) is 26.7 Å². The largest absolute Gasteiger partial charge is 0.496 e. The molecule has 118 valence electrons. The molecule has 1 aromatic carbocycles. The third-order valence-electron chi connectivity index (χ3n) is 4.39. The maximum absolute atomic E-state index is 13.9. The van der Waals surface area contributed by atoms with Crippen LogP contribution in [0.2, 0.25) is 0 Å². The highest BCUT2D eigenvalue weighted by atomic mass is 19.1. The molecule has 0 spiro atoms. The Morgan fingerprint density at radius 3 is 2.95 bits per heavy atom. The number of ether oxygens (including phenoxy) is 1. The van der Waals surface area contributed by atoms with Crippen LogP contribution in [0.5, 0.6) is 5.75 Å². The first-order valence-electron chi connectivity index (χ1n) is 7.84. The van der Waals surface area contributed by atoms with Gasteiger partial charge in [0, 0.05) is 6.54 Å². The molecule has 1 saturated heterocycles. The lowest BCUT2D eigenvalue weighted by Gasteiger charge is -2.22. The van der Waals surface area contributed by atoms with E-state index in [1.54, 1.807) is 12.1 Å². The van der Waals surface area contributed by atoms with Crippen LogP contribution in [0.25, 0.3) is 0 Å². The van der Waals surface area contributed by atoms with Gasteiger partial charge < -0.3 is 14.7 Å². The summed E-state index contributed by atoms with van der Waals surface area (Å²) in [5, 5.41) is 10.3. The van der Waals surface area contributed by atoms with Gasteiger partial charge in [-0.25, -0.2) is 4.39 Å². The van der Waals surface area contributed by atoms with Crippen molar-refractivity contribution in [1.82, 2.24) is 4.90 Å². The lowest BCUT2D eigenvalue weighted by atomic mass is 10.0. The van der Waals surface area contributed by atoms with Crippen molar-refractivity contribution in [2.24, 2.45) is 5.92 Å². The summed E-state index contributed by atoms with van der Waals surface area (Å²) < 4.78 is 19.1. The predicted molar refractivity (Wildman–Crippen MR) is 82.0 cm³/mol. The highest BCUT2D eigenvalue weighted by Crippen LogP contribution is 2.30. The molecule has 1 N–H and O–H groups in total. The molecule has 4 heteroatoms. The molecule has 0 bridgehead atoms. The van der Waals surface area contributed by atoms with Crippen molar-refractivity contribution in [3.8, 4) is 5.75 Å². The van der Waals surface area contributed by atoms with E-state index in [1.165, 1.54) is 32.4 Å². The first kappa shape index (κ1) is 16.2. The van der Waals surface area contributed by atoms with E-state index in [9.17, 15) is 9.50 Å². The number of hydrogen-bond donors (Lipinski definition) is 1. The van der Waals surface area contributed by atoms with Gasteiger partial charge in [0.25, 0.3) is 0 Å². The van der Waals surface area contributed by atoms with Crippen molar-refractivity contribution >= 4 is 0 Å². The van der Waals surface area contributed by atoms with Crippen LogP contribution >= 0.6 is 0 Å². The van der Waals surface area contributed by atoms with Crippen LogP contribution in [0.15, 0.2) is 18.2 Å². The molecule has 0 saturated carbocycles. The van der Waals surface area contributed by atoms with Gasteiger partial charge in [-0.2, -0.15) is 0 Å². The number of halogens is 1. The molecule has 1 aliphatic heterocycles. The van der Waals surface area contributed by atoms with E-state index in [0.717, 1.165) is 25.6 Å². The fourth-order valence-electron chi connectivity index (χ4n) is 3.01. The van der Waals surface area contributed by atoms with Crippen molar-refractivity contribution in [1.29, 1.82) is 0 Å². The van der Waals surface area contributed by atoms with Gasteiger partial charge in [-0.15, -0.1) is 0 Å². The summed E-state index contributed by atoms with van der Waals surface area (Å²) in [6, 6.07) is 4.66. The van der Waals surface area contributed by atoms with Crippen molar-refractivity contribution in [3.63, 3.8) is 0 Å². The fraction of sp³-hybridized carbons (Fsp3) is 0.647. The van der Waals surface area contributed by atoms with Gasteiger partial charge in [0.05, 0.1) is 18.8 Å². The number of likely N-dealkylation sites (tertiary alicyclic amines) is 1. The molecule has 2 rings (SSSR count). The Hall–Kier alpha value is -1.13. The summed E-state index contributed by atoms with van der Waals surface area (Å²) in [5.74, 6) is 0.810. The zero-order chi connectivity index (χ0) is 15.2. The van der Waals surface area contributed by atoms with Gasteiger partial charge in [0.2, 0.25) is 0 Å². The molecule has 0 aliphatic carbocycles. The maximum atomic E-state index is 13.9. The van der Waals surface area contributed by atoms with E-state index in [2.05, 4.69) is 11.8 Å². The number of benzene rings is 1. The van der Waals surface area contributed by atoms with Crippen LogP contribution in [0.4, 0.5) is 4.39 Å². The zero-order valence-electron chi connectivity index (χ0n) is 13.0. The summed E-state index contributed by atoms with van der Waals surface area (Å²) in [4.78, 5) is 2.38. The molecule has 0 radical (unpaired) electrons. The highest BCUT2D eigenvalue weighted by molar-refractivity contribution is 5.36. The van der Waals surface area contributed by atoms with Crippen LogP contribution in [0.3, 0.4) is 0 Å². The maximum Gasteiger partial charge on any atom is 0.132 e. The quantitative estimate of drug-likeness (QED) is 0.904. The molecule has 1 fully saturated rings. The first-order valence-corrected chi connectivity index (χ1v) is 7.84. The Balaban J connectivity index is 1.94. The predicted octanol–water partition coefficient (Wildman–Crippen LogP) is 3.38. The number of rotatable bonds is 5. The Morgan fingerprint density at radius 1 is 1.38 bits per heavy atom. The second-order valence-corrected chi connectivity index (χ2v) is 6.04. The second kappa shape index (κ2) is 7.76. The monoisotopic (exact) mass is 295 g/mol. The summed E-state index contributed by atoms with van der Waals surface area (Å²) in [6.07, 6.45) is 3.41. The van der Waals surface area contributed by atoms with Crippen LogP contribution in [0.1, 0.15) is 44.3 Å². The number of aliphatic hydroxyl groups is 1. The Bertz CT molecular complexity index is 452. The summed E-state index contributed by atoms with van der Waals surface area (Å²) >= 11 is 0. The average molecular weight is 295 g/mol. The van der Waals surface area contributed by atoms with Gasteiger partial charge in [0.15, 0.2) is 0 Å². The van der Waals surface area contributed by atoms with Crippen LogP contribution < -0.4 is 4.74 Å². The summed E-state index contributed by atoms with van der Waals surface area (Å²) in [5.41, 5.74) is 0.281. The van der Waals surface area contributed by atoms with Crippen molar-refractivity contribution in [2.45, 2.75) is 38.7 Å². The zero-order valence-corrected chi connectivity index (χ0v) is 13.0. The molecule has 0 aromatic heterocycles. The first-order chi connectivity index (χ1) is 10.1. The highest BCUT2D eigenvalue weighted by Gasteiger charge is 2.20. The van der Waals surface area contributed by atoms with E-state index >= 15 is 0 Å². The van der Waals surface area contributed by atoms with Gasteiger partial charge in [-0.3, -0.25) is 0 Å². The number of aliphatic hydroxyl groups excluding tert-OH is 1. The Labute approximate surface area is 126 Å². The minimum atomic E-state index is -0.818. The summed E-state index contributed by atoms with van der Waals surface area (Å²) in [7, 11) is 1.50. The molecule has 21 heavy (non-hydrogen) atoms. The molecule has 1 aromatic rings. The number of methoxy groups -OCH3 is 1. The lowest BCUT2D eigenvalue weighted by molar-refractivity contribution is 0.136. The molecule has 2 unspecified atom stereocenters. The van der Waals surface area contributed by atoms with Gasteiger partial charge >= 0.3 is 0 Å². The number of nitrogens with zero attached hydrogens (tertiary/aromatic N) is 1. The molecule has 1 aliphatic rings. The topological polar surface area (TPSA) is 32.7 Å². The van der Waals surface area contributed by atoms with Crippen LogP contribution in [0, 0.1) is 11.7 Å². The molecule has 2 atom stereocenters. The average Bonchev–Trinajstić information content (AvgIpc) is 2.69. The second-order valence-electron chi connectivity index (χ2n) is 6.04. The van der Waals surface area contributed by atoms with Crippen LogP contribution in [-0.4, -0.2) is 36.8 Å². The molecule has 3 nitrogen and oxygen atoms in total. The minimum Gasteiger partial charge on any atom is -0.496 e. The third-order valence-corrected chi connectivity index (χ3v) is 4.39. The van der Waals surface area contributed by atoms with Crippen LogP contribution in [-0.2, 0) is 0 Å². The van der Waals surface area contributed by atoms with E-state index < -0.39 is 11.9 Å². The fourth-order valence-corrected chi connectivity index (χ4v) is 3.01. The number of hydrogen-bond acceptors (Lipinski definition) is 3. The molecule has 1 heterocycles. The van der Waals surface area contributed by atoms with Gasteiger partial charge in [0.1, 0.15) is 11.6 Å². The Kier molecular flexibility index (Phi) is 6.00.